The van der Waals surface area contributed by atoms with Crippen molar-refractivity contribution in [3.05, 3.63) is 53.6 Å². The van der Waals surface area contributed by atoms with Gasteiger partial charge < -0.3 is 9.47 Å². The third-order valence-electron chi connectivity index (χ3n) is 2.73. The molecule has 0 aromatic heterocycles. The molecule has 1 aliphatic heterocycles. The number of benzene rings is 2. The number of rotatable bonds is 5. The highest BCUT2D eigenvalue weighted by Gasteiger charge is 2.22. The molecule has 3 rings (SSSR count). The molecule has 0 N–H and O–H groups in total. The van der Waals surface area contributed by atoms with Crippen molar-refractivity contribution in [1.82, 2.24) is 0 Å². The second-order valence-electron chi connectivity index (χ2n) is 4.27. The van der Waals surface area contributed by atoms with Gasteiger partial charge in [0.05, 0.1) is 11.6 Å². The minimum atomic E-state index is 0.289. The predicted octanol–water partition coefficient (Wildman–Crippen LogP) is 4.27. The Morgan fingerprint density at radius 2 is 1.89 bits per heavy atom. The van der Waals surface area contributed by atoms with Crippen molar-refractivity contribution in [1.29, 1.82) is 0 Å². The minimum Gasteiger partial charge on any atom is -0.491 e. The maximum Gasteiger partial charge on any atom is 0.119 e. The Labute approximate surface area is 121 Å². The van der Waals surface area contributed by atoms with E-state index in [-0.39, 0.29) is 6.10 Å². The second-order valence-corrected chi connectivity index (χ2v) is 5.79. The summed E-state index contributed by atoms with van der Waals surface area (Å²) in [7, 11) is 0. The zero-order valence-corrected chi connectivity index (χ0v) is 11.8. The third-order valence-corrected chi connectivity index (χ3v) is 4.25. The first-order chi connectivity index (χ1) is 9.31. The van der Waals surface area contributed by atoms with Gasteiger partial charge in [-0.15, -0.1) is 0 Å². The molecule has 0 bridgehead atoms. The zero-order chi connectivity index (χ0) is 13.1. The first kappa shape index (κ1) is 12.9. The normalized spacial score (nSPS) is 17.2. The van der Waals surface area contributed by atoms with Gasteiger partial charge in [0.15, 0.2) is 0 Å². The van der Waals surface area contributed by atoms with E-state index in [1.54, 1.807) is 11.8 Å². The van der Waals surface area contributed by atoms with E-state index in [9.17, 15) is 0 Å². The van der Waals surface area contributed by atoms with Crippen LogP contribution in [-0.4, -0.2) is 19.3 Å². The van der Waals surface area contributed by atoms with Gasteiger partial charge in [0.25, 0.3) is 0 Å². The molecule has 2 nitrogen and oxygen atoms in total. The number of hydrogen-bond acceptors (Lipinski definition) is 3. The first-order valence-corrected chi connectivity index (χ1v) is 7.27. The van der Waals surface area contributed by atoms with Crippen molar-refractivity contribution in [2.24, 2.45) is 0 Å². The zero-order valence-electron chi connectivity index (χ0n) is 10.2. The fourth-order valence-corrected chi connectivity index (χ4v) is 2.70. The second kappa shape index (κ2) is 5.87. The molecular weight excluding hydrogens is 280 g/mol. The molecular formula is C15H13ClO2S. The Hall–Kier alpha value is -1.16. The molecule has 1 fully saturated rings. The van der Waals surface area contributed by atoms with Gasteiger partial charge in [-0.2, -0.15) is 0 Å². The van der Waals surface area contributed by atoms with Crippen molar-refractivity contribution in [3.63, 3.8) is 0 Å². The van der Waals surface area contributed by atoms with Crippen LogP contribution in [-0.2, 0) is 4.74 Å². The highest BCUT2D eigenvalue weighted by Crippen LogP contribution is 2.33. The van der Waals surface area contributed by atoms with Crippen molar-refractivity contribution in [3.8, 4) is 5.75 Å². The average Bonchev–Trinajstić information content (AvgIpc) is 3.25. The van der Waals surface area contributed by atoms with Crippen LogP contribution in [0.4, 0.5) is 0 Å². The smallest absolute Gasteiger partial charge is 0.119 e. The van der Waals surface area contributed by atoms with E-state index in [4.69, 9.17) is 21.1 Å². The standard InChI is InChI=1S/C15H13ClO2S/c16-14-3-1-2-4-15(14)19-13-7-5-11(6-8-13)17-9-12-10-18-12/h1-8,12H,9-10H2. The van der Waals surface area contributed by atoms with Gasteiger partial charge >= 0.3 is 0 Å². The summed E-state index contributed by atoms with van der Waals surface area (Å²) in [6, 6.07) is 15.9. The fourth-order valence-electron chi connectivity index (χ4n) is 1.61. The summed E-state index contributed by atoms with van der Waals surface area (Å²) in [4.78, 5) is 2.20. The maximum absolute atomic E-state index is 6.14. The van der Waals surface area contributed by atoms with E-state index < -0.39 is 0 Å². The summed E-state index contributed by atoms with van der Waals surface area (Å²) >= 11 is 7.78. The van der Waals surface area contributed by atoms with Crippen LogP contribution in [0.1, 0.15) is 0 Å². The molecule has 1 unspecified atom stereocenters. The van der Waals surface area contributed by atoms with Crippen LogP contribution in [0.2, 0.25) is 5.02 Å². The molecule has 2 aromatic carbocycles. The van der Waals surface area contributed by atoms with E-state index in [2.05, 4.69) is 0 Å². The van der Waals surface area contributed by atoms with Crippen LogP contribution < -0.4 is 4.74 Å². The lowest BCUT2D eigenvalue weighted by atomic mass is 10.3. The van der Waals surface area contributed by atoms with Gasteiger partial charge in [0.2, 0.25) is 0 Å². The molecule has 0 aliphatic carbocycles. The Morgan fingerprint density at radius 1 is 1.16 bits per heavy atom. The van der Waals surface area contributed by atoms with E-state index in [0.717, 1.165) is 27.2 Å². The van der Waals surface area contributed by atoms with Crippen LogP contribution in [0.5, 0.6) is 5.75 Å². The van der Waals surface area contributed by atoms with Crippen molar-refractivity contribution < 1.29 is 9.47 Å². The summed E-state index contributed by atoms with van der Waals surface area (Å²) in [6.45, 7) is 1.46. The molecule has 98 valence electrons. The molecule has 1 heterocycles. The Balaban J connectivity index is 1.63. The molecule has 1 aliphatic rings. The van der Waals surface area contributed by atoms with Gasteiger partial charge in [0, 0.05) is 9.79 Å². The fraction of sp³-hybridized carbons (Fsp3) is 0.200. The molecule has 4 heteroatoms. The number of hydrogen-bond donors (Lipinski definition) is 0. The van der Waals surface area contributed by atoms with Crippen LogP contribution in [0.25, 0.3) is 0 Å². The number of ether oxygens (including phenoxy) is 2. The quantitative estimate of drug-likeness (QED) is 0.768. The van der Waals surface area contributed by atoms with Gasteiger partial charge in [-0.3, -0.25) is 0 Å². The molecule has 1 atom stereocenters. The average molecular weight is 293 g/mol. The highest BCUT2D eigenvalue weighted by atomic mass is 35.5. The summed E-state index contributed by atoms with van der Waals surface area (Å²) in [5, 5.41) is 0.777. The van der Waals surface area contributed by atoms with Crippen LogP contribution >= 0.6 is 23.4 Å². The Bertz CT molecular complexity index is 552. The van der Waals surface area contributed by atoms with Crippen LogP contribution in [0, 0.1) is 0 Å². The van der Waals surface area contributed by atoms with E-state index >= 15 is 0 Å². The minimum absolute atomic E-state index is 0.289. The topological polar surface area (TPSA) is 21.8 Å². The van der Waals surface area contributed by atoms with Crippen molar-refractivity contribution in [2.45, 2.75) is 15.9 Å². The Kier molecular flexibility index (Phi) is 3.97. The molecule has 1 saturated heterocycles. The molecule has 0 amide bonds. The first-order valence-electron chi connectivity index (χ1n) is 6.08. The lowest BCUT2D eigenvalue weighted by Crippen LogP contribution is -2.03. The Morgan fingerprint density at radius 3 is 2.58 bits per heavy atom. The molecule has 0 radical (unpaired) electrons. The number of halogens is 1. The highest BCUT2D eigenvalue weighted by molar-refractivity contribution is 7.99. The van der Waals surface area contributed by atoms with Crippen LogP contribution in [0.15, 0.2) is 58.3 Å². The maximum atomic E-state index is 6.14. The molecule has 2 aromatic rings. The lowest BCUT2D eigenvalue weighted by molar-refractivity contribution is 0.263. The van der Waals surface area contributed by atoms with Crippen molar-refractivity contribution in [2.75, 3.05) is 13.2 Å². The van der Waals surface area contributed by atoms with Crippen LogP contribution in [0.3, 0.4) is 0 Å². The van der Waals surface area contributed by atoms with E-state index in [1.165, 1.54) is 0 Å². The third kappa shape index (κ3) is 3.66. The molecule has 0 spiro atoms. The summed E-state index contributed by atoms with van der Waals surface area (Å²) < 4.78 is 10.7. The number of epoxide rings is 1. The summed E-state index contributed by atoms with van der Waals surface area (Å²) in [6.07, 6.45) is 0.289. The van der Waals surface area contributed by atoms with E-state index in [0.29, 0.717) is 6.61 Å². The summed E-state index contributed by atoms with van der Waals surface area (Å²) in [5.41, 5.74) is 0. The van der Waals surface area contributed by atoms with Gasteiger partial charge in [-0.25, -0.2) is 0 Å². The molecule has 0 saturated carbocycles. The summed E-state index contributed by atoms with van der Waals surface area (Å²) in [5.74, 6) is 0.874. The lowest BCUT2D eigenvalue weighted by Gasteiger charge is -2.06. The van der Waals surface area contributed by atoms with Gasteiger partial charge in [-0.05, 0) is 36.4 Å². The van der Waals surface area contributed by atoms with Crippen molar-refractivity contribution >= 4 is 23.4 Å². The molecule has 19 heavy (non-hydrogen) atoms. The van der Waals surface area contributed by atoms with Gasteiger partial charge in [-0.1, -0.05) is 35.5 Å². The predicted molar refractivity (Wildman–Crippen MR) is 77.3 cm³/mol. The van der Waals surface area contributed by atoms with Gasteiger partial charge in [0.1, 0.15) is 18.5 Å². The largest absolute Gasteiger partial charge is 0.491 e. The SMILES string of the molecule is Clc1ccccc1Sc1ccc(OCC2CO2)cc1. The van der Waals surface area contributed by atoms with E-state index in [1.807, 2.05) is 48.5 Å². The monoisotopic (exact) mass is 292 g/mol.